The number of anilines is 3. The summed E-state index contributed by atoms with van der Waals surface area (Å²) in [7, 11) is 0. The molecule has 0 unspecified atom stereocenters. The second kappa shape index (κ2) is 14.6. The Bertz CT molecular complexity index is 1930. The zero-order valence-corrected chi connectivity index (χ0v) is 29.0. The van der Waals surface area contributed by atoms with Gasteiger partial charge in [-0.25, -0.2) is 0 Å². The molecule has 0 aliphatic carbocycles. The van der Waals surface area contributed by atoms with Gasteiger partial charge in [0.15, 0.2) is 0 Å². The fourth-order valence-electron chi connectivity index (χ4n) is 5.95. The molecule has 0 N–H and O–H groups in total. The summed E-state index contributed by atoms with van der Waals surface area (Å²) in [5.41, 5.74) is 10.7. The van der Waals surface area contributed by atoms with Crippen LogP contribution in [0.2, 0.25) is 0 Å². The third-order valence-electron chi connectivity index (χ3n) is 8.54. The largest absolute Gasteiger partial charge is 0.317 e. The van der Waals surface area contributed by atoms with E-state index in [0.29, 0.717) is 0 Å². The first-order chi connectivity index (χ1) is 23.3. The number of rotatable bonds is 8. The van der Waals surface area contributed by atoms with Crippen molar-refractivity contribution in [2.24, 2.45) is 0 Å². The first-order valence-electron chi connectivity index (χ1n) is 16.1. The molecule has 2 nitrogen and oxygen atoms in total. The second-order valence-corrected chi connectivity index (χ2v) is 13.2. The van der Waals surface area contributed by atoms with E-state index < -0.39 is 0 Å². The van der Waals surface area contributed by atoms with Crippen LogP contribution >= 0.6 is 15.9 Å². The first-order valence-corrected chi connectivity index (χ1v) is 16.9. The van der Waals surface area contributed by atoms with Gasteiger partial charge in [-0.05, 0) is 94.6 Å². The van der Waals surface area contributed by atoms with E-state index in [9.17, 15) is 0 Å². The van der Waals surface area contributed by atoms with Crippen LogP contribution in [0.4, 0.5) is 17.1 Å². The van der Waals surface area contributed by atoms with Gasteiger partial charge in [-0.2, -0.15) is 0 Å². The van der Waals surface area contributed by atoms with Crippen molar-refractivity contribution < 1.29 is 0 Å². The molecule has 0 atom stereocenters. The van der Waals surface area contributed by atoms with Crippen molar-refractivity contribution in [3.05, 3.63) is 211 Å². The number of benzene rings is 5. The monoisotopic (exact) mass is 686 g/mol. The average Bonchev–Trinajstić information content (AvgIpc) is 3.12. The third-order valence-corrected chi connectivity index (χ3v) is 9.04. The normalized spacial score (nSPS) is 16.3. The van der Waals surface area contributed by atoms with Gasteiger partial charge in [-0.15, -0.1) is 0 Å². The lowest BCUT2D eigenvalue weighted by molar-refractivity contribution is 0.668. The van der Waals surface area contributed by atoms with E-state index in [-0.39, 0.29) is 5.41 Å². The van der Waals surface area contributed by atoms with Gasteiger partial charge >= 0.3 is 0 Å². The van der Waals surface area contributed by atoms with Crippen LogP contribution in [0.5, 0.6) is 0 Å². The Morgan fingerprint density at radius 3 is 1.81 bits per heavy atom. The van der Waals surface area contributed by atoms with Crippen molar-refractivity contribution in [2.75, 3.05) is 9.80 Å². The standard InChI is InChI=1S/C45H39BrN2/c1-5-6-14-34(2)47-32-13-19-40(30-31-45(3,4)43-33-39(46)24-29-44(43)47)48(41-25-20-37(21-26-41)35-15-9-7-10-16-35)42-27-22-38(23-28-42)36-17-11-8-12-18-36/h5-33H,1-2H2,3-4H3/b14-6-,31-30+,32-13+,40-19+. The van der Waals surface area contributed by atoms with E-state index in [0.717, 1.165) is 32.9 Å². The van der Waals surface area contributed by atoms with Gasteiger partial charge in [0.25, 0.3) is 0 Å². The van der Waals surface area contributed by atoms with Gasteiger partial charge in [0.2, 0.25) is 0 Å². The fraction of sp³-hybridized carbons (Fsp3) is 0.0667. The molecule has 0 amide bonds. The van der Waals surface area contributed by atoms with Crippen LogP contribution in [0.25, 0.3) is 22.3 Å². The summed E-state index contributed by atoms with van der Waals surface area (Å²) < 4.78 is 1.03. The molecule has 0 spiro atoms. The van der Waals surface area contributed by atoms with Gasteiger partial charge in [-0.1, -0.05) is 146 Å². The molecule has 5 aromatic rings. The number of fused-ring (bicyclic) bond motifs is 1. The molecule has 0 saturated heterocycles. The first kappa shape index (κ1) is 32.6. The van der Waals surface area contributed by atoms with E-state index in [1.807, 2.05) is 12.2 Å². The van der Waals surface area contributed by atoms with Crippen LogP contribution in [-0.4, -0.2) is 0 Å². The summed E-state index contributed by atoms with van der Waals surface area (Å²) in [6.07, 6.45) is 16.6. The van der Waals surface area contributed by atoms with Gasteiger partial charge < -0.3 is 9.80 Å². The predicted octanol–water partition coefficient (Wildman–Crippen LogP) is 12.9. The molecule has 5 aromatic carbocycles. The Kier molecular flexibility index (Phi) is 9.89. The maximum absolute atomic E-state index is 4.41. The van der Waals surface area contributed by atoms with Crippen molar-refractivity contribution in [3.63, 3.8) is 0 Å². The lowest BCUT2D eigenvalue weighted by Gasteiger charge is -2.32. The van der Waals surface area contributed by atoms with Crippen molar-refractivity contribution in [1.29, 1.82) is 0 Å². The molecular weight excluding hydrogens is 648 g/mol. The highest BCUT2D eigenvalue weighted by atomic mass is 79.9. The fourth-order valence-corrected chi connectivity index (χ4v) is 6.32. The minimum Gasteiger partial charge on any atom is -0.317 e. The number of allylic oxidation sites excluding steroid dienone is 7. The van der Waals surface area contributed by atoms with Crippen molar-refractivity contribution in [2.45, 2.75) is 19.3 Å². The molecule has 48 heavy (non-hydrogen) atoms. The molecule has 3 heteroatoms. The van der Waals surface area contributed by atoms with Crippen LogP contribution in [0.15, 0.2) is 205 Å². The van der Waals surface area contributed by atoms with E-state index in [1.54, 1.807) is 6.08 Å². The number of nitrogens with zero attached hydrogens (tertiary/aromatic N) is 2. The second-order valence-electron chi connectivity index (χ2n) is 12.3. The molecule has 0 radical (unpaired) electrons. The zero-order chi connectivity index (χ0) is 33.5. The summed E-state index contributed by atoms with van der Waals surface area (Å²) in [5.74, 6) is 0. The molecule has 0 saturated carbocycles. The van der Waals surface area contributed by atoms with E-state index >= 15 is 0 Å². The quantitative estimate of drug-likeness (QED) is 0.150. The van der Waals surface area contributed by atoms with Crippen LogP contribution in [0, 0.1) is 0 Å². The number of halogens is 1. The third kappa shape index (κ3) is 7.27. The number of hydrogen-bond donors (Lipinski definition) is 0. The predicted molar refractivity (Wildman–Crippen MR) is 210 cm³/mol. The lowest BCUT2D eigenvalue weighted by Crippen LogP contribution is -2.23. The molecule has 0 aromatic heterocycles. The van der Waals surface area contributed by atoms with Crippen molar-refractivity contribution in [1.82, 2.24) is 0 Å². The molecule has 1 aliphatic heterocycles. The highest BCUT2D eigenvalue weighted by Crippen LogP contribution is 2.40. The highest BCUT2D eigenvalue weighted by molar-refractivity contribution is 9.10. The van der Waals surface area contributed by atoms with Crippen LogP contribution in [0.3, 0.4) is 0 Å². The average molecular weight is 688 g/mol. The van der Waals surface area contributed by atoms with Gasteiger partial charge in [0.1, 0.15) is 0 Å². The topological polar surface area (TPSA) is 6.48 Å². The summed E-state index contributed by atoms with van der Waals surface area (Å²) >= 11 is 3.73. The summed E-state index contributed by atoms with van der Waals surface area (Å²) in [5, 5.41) is 0. The minimum atomic E-state index is -0.315. The number of hydrogen-bond acceptors (Lipinski definition) is 2. The van der Waals surface area contributed by atoms with Crippen molar-refractivity contribution in [3.8, 4) is 22.3 Å². The molecule has 1 aliphatic rings. The maximum atomic E-state index is 4.41. The van der Waals surface area contributed by atoms with Crippen LogP contribution < -0.4 is 9.80 Å². The Labute approximate surface area is 293 Å². The van der Waals surface area contributed by atoms with E-state index in [1.165, 1.54) is 27.8 Å². The molecule has 0 bridgehead atoms. The summed E-state index contributed by atoms with van der Waals surface area (Å²) in [4.78, 5) is 4.46. The molecule has 0 fully saturated rings. The molecule has 1 heterocycles. The molecule has 6 rings (SSSR count). The summed E-state index contributed by atoms with van der Waals surface area (Å²) in [6.45, 7) is 12.8. The van der Waals surface area contributed by atoms with Gasteiger partial charge in [-0.3, -0.25) is 0 Å². The smallest absolute Gasteiger partial charge is 0.0496 e. The Balaban J connectivity index is 1.49. The zero-order valence-electron chi connectivity index (χ0n) is 27.4. The lowest BCUT2D eigenvalue weighted by atomic mass is 9.82. The van der Waals surface area contributed by atoms with E-state index in [4.69, 9.17) is 0 Å². The van der Waals surface area contributed by atoms with E-state index in [2.05, 4.69) is 211 Å². The van der Waals surface area contributed by atoms with Crippen LogP contribution in [0.1, 0.15) is 19.4 Å². The van der Waals surface area contributed by atoms with Crippen molar-refractivity contribution >= 4 is 33.0 Å². The SMILES string of the molecule is C=C/C=C\C(=C)N1/C=C/C=C(N(c2ccc(-c3ccccc3)cc2)c2ccc(-c3ccccc3)cc2)\C=C\C(C)(C)c2cc(Br)ccc21. The highest BCUT2D eigenvalue weighted by Gasteiger charge is 2.25. The Morgan fingerprint density at radius 2 is 1.27 bits per heavy atom. The Morgan fingerprint density at radius 1 is 0.729 bits per heavy atom. The van der Waals surface area contributed by atoms with Gasteiger partial charge in [0.05, 0.1) is 0 Å². The molecule has 236 valence electrons. The maximum Gasteiger partial charge on any atom is 0.0496 e. The summed E-state index contributed by atoms with van der Waals surface area (Å²) in [6, 6.07) is 45.1. The van der Waals surface area contributed by atoms with Crippen LogP contribution in [-0.2, 0) is 5.41 Å². The Hall–Kier alpha value is -5.38. The van der Waals surface area contributed by atoms with Gasteiger partial charge in [0, 0.05) is 44.5 Å². The minimum absolute atomic E-state index is 0.315. The molecular formula is C45H39BrN2.